The molecule has 0 saturated heterocycles. The van der Waals surface area contributed by atoms with Crippen LogP contribution >= 0.6 is 0 Å². The fourth-order valence-electron chi connectivity index (χ4n) is 2.51. The predicted octanol–water partition coefficient (Wildman–Crippen LogP) is 0.430. The topological polar surface area (TPSA) is 88.1 Å². The number of fused-ring (bicyclic) bond motifs is 1. The second kappa shape index (κ2) is 6.34. The Morgan fingerprint density at radius 3 is 2.64 bits per heavy atom. The van der Waals surface area contributed by atoms with E-state index in [-0.39, 0.29) is 29.9 Å². The molecule has 9 heteroatoms. The molecule has 130 valence electrons. The second-order valence-corrected chi connectivity index (χ2v) is 5.43. The zero-order valence-corrected chi connectivity index (χ0v) is 13.6. The first-order valence-electron chi connectivity index (χ1n) is 7.44. The third-order valence-corrected chi connectivity index (χ3v) is 3.88. The maximum Gasteiger partial charge on any atom is 0.341 e. The van der Waals surface area contributed by atoms with Crippen LogP contribution in [0.25, 0.3) is 11.2 Å². The summed E-state index contributed by atoms with van der Waals surface area (Å²) in [5.41, 5.74) is -0.652. The van der Waals surface area contributed by atoms with E-state index in [9.17, 15) is 18.8 Å². The number of esters is 1. The zero-order valence-electron chi connectivity index (χ0n) is 13.6. The average molecular weight is 346 g/mol. The molecular formula is C16H15FN4O4. The number of hydrogen-bond donors (Lipinski definition) is 0. The van der Waals surface area contributed by atoms with E-state index in [1.807, 2.05) is 0 Å². The number of halogens is 1. The van der Waals surface area contributed by atoms with E-state index in [4.69, 9.17) is 4.74 Å². The summed E-state index contributed by atoms with van der Waals surface area (Å²) in [6, 6.07) is 5.51. The second-order valence-electron chi connectivity index (χ2n) is 5.43. The Morgan fingerprint density at radius 1 is 1.20 bits per heavy atom. The maximum absolute atomic E-state index is 13.5. The lowest BCUT2D eigenvalue weighted by Gasteiger charge is -2.08. The number of carbonyl (C=O) groups is 1. The molecule has 0 fully saturated rings. The minimum absolute atomic E-state index is 0.0787. The van der Waals surface area contributed by atoms with Gasteiger partial charge >= 0.3 is 11.7 Å². The largest absolute Gasteiger partial charge is 0.460 e. The molecule has 0 amide bonds. The Bertz CT molecular complexity index is 1080. The van der Waals surface area contributed by atoms with Crippen molar-refractivity contribution in [3.63, 3.8) is 0 Å². The molecule has 2 aromatic heterocycles. The van der Waals surface area contributed by atoms with Crippen LogP contribution in [0.5, 0.6) is 0 Å². The van der Waals surface area contributed by atoms with Crippen LogP contribution in [-0.4, -0.2) is 31.3 Å². The number of carbonyl (C=O) groups excluding carboxylic acids is 1. The molecule has 3 rings (SSSR count). The summed E-state index contributed by atoms with van der Waals surface area (Å²) < 4.78 is 22.3. The predicted molar refractivity (Wildman–Crippen MR) is 86.9 cm³/mol. The Kier molecular flexibility index (Phi) is 4.22. The molecule has 0 unspecified atom stereocenters. The first kappa shape index (κ1) is 16.6. The average Bonchev–Trinajstić information content (AvgIpc) is 3.02. The molecular weight excluding hydrogens is 331 g/mol. The molecule has 2 heterocycles. The molecule has 0 aliphatic carbocycles. The van der Waals surface area contributed by atoms with Crippen molar-refractivity contribution in [2.75, 3.05) is 6.61 Å². The van der Waals surface area contributed by atoms with E-state index in [0.717, 1.165) is 4.57 Å². The van der Waals surface area contributed by atoms with Gasteiger partial charge in [0.15, 0.2) is 11.2 Å². The molecule has 0 N–H and O–H groups in total. The van der Waals surface area contributed by atoms with Gasteiger partial charge in [-0.25, -0.2) is 19.0 Å². The van der Waals surface area contributed by atoms with E-state index >= 15 is 0 Å². The molecule has 8 nitrogen and oxygen atoms in total. The van der Waals surface area contributed by atoms with Crippen molar-refractivity contribution in [2.45, 2.75) is 6.54 Å². The third-order valence-electron chi connectivity index (χ3n) is 3.88. The summed E-state index contributed by atoms with van der Waals surface area (Å²) in [4.78, 5) is 40.1. The van der Waals surface area contributed by atoms with Crippen molar-refractivity contribution in [2.24, 2.45) is 14.1 Å². The van der Waals surface area contributed by atoms with Crippen LogP contribution in [0.1, 0.15) is 10.4 Å². The number of nitrogens with zero attached hydrogens (tertiary/aromatic N) is 4. The smallest absolute Gasteiger partial charge is 0.341 e. The Labute approximate surface area is 140 Å². The molecule has 0 bridgehead atoms. The van der Waals surface area contributed by atoms with Gasteiger partial charge in [0.2, 0.25) is 0 Å². The van der Waals surface area contributed by atoms with Gasteiger partial charge in [-0.2, -0.15) is 0 Å². The lowest BCUT2D eigenvalue weighted by atomic mass is 10.2. The van der Waals surface area contributed by atoms with E-state index < -0.39 is 23.0 Å². The molecule has 0 radical (unpaired) electrons. The fraction of sp³-hybridized carbons (Fsp3) is 0.250. The number of aryl methyl sites for hydroxylation is 1. The van der Waals surface area contributed by atoms with E-state index in [1.165, 1.54) is 53.8 Å². The van der Waals surface area contributed by atoms with Crippen molar-refractivity contribution in [1.29, 1.82) is 0 Å². The summed E-state index contributed by atoms with van der Waals surface area (Å²) in [5, 5.41) is 0. The van der Waals surface area contributed by atoms with Crippen molar-refractivity contribution in [3.05, 3.63) is 62.8 Å². The quantitative estimate of drug-likeness (QED) is 0.639. The number of benzene rings is 1. The van der Waals surface area contributed by atoms with Crippen molar-refractivity contribution in [1.82, 2.24) is 18.7 Å². The SMILES string of the molecule is Cn1c(=O)c2c(ncn2CCOC(=O)c2ccccc2F)n(C)c1=O. The molecule has 1 aromatic carbocycles. The number of imidazole rings is 1. The Hall–Kier alpha value is -3.23. The van der Waals surface area contributed by atoms with Gasteiger partial charge in [-0.3, -0.25) is 13.9 Å². The van der Waals surface area contributed by atoms with Crippen molar-refractivity contribution < 1.29 is 13.9 Å². The highest BCUT2D eigenvalue weighted by molar-refractivity contribution is 5.89. The molecule has 0 spiro atoms. The molecule has 0 aliphatic heterocycles. The van der Waals surface area contributed by atoms with Gasteiger partial charge in [0.05, 0.1) is 18.4 Å². The normalized spacial score (nSPS) is 11.0. The van der Waals surface area contributed by atoms with E-state index in [1.54, 1.807) is 0 Å². The summed E-state index contributed by atoms with van der Waals surface area (Å²) >= 11 is 0. The van der Waals surface area contributed by atoms with Gasteiger partial charge in [0.1, 0.15) is 12.4 Å². The van der Waals surface area contributed by atoms with Crippen LogP contribution < -0.4 is 11.2 Å². The highest BCUT2D eigenvalue weighted by Crippen LogP contribution is 2.09. The summed E-state index contributed by atoms with van der Waals surface area (Å²) in [6.45, 7) is 0.0642. The summed E-state index contributed by atoms with van der Waals surface area (Å²) in [7, 11) is 2.89. The molecule has 0 aliphatic rings. The number of rotatable bonds is 4. The Balaban J connectivity index is 1.81. The summed E-state index contributed by atoms with van der Waals surface area (Å²) in [5.74, 6) is -1.45. The van der Waals surface area contributed by atoms with Crippen LogP contribution in [0.2, 0.25) is 0 Å². The Morgan fingerprint density at radius 2 is 1.92 bits per heavy atom. The number of hydrogen-bond acceptors (Lipinski definition) is 5. The lowest BCUT2D eigenvalue weighted by molar-refractivity contribution is 0.0487. The van der Waals surface area contributed by atoms with Crippen LogP contribution in [0.3, 0.4) is 0 Å². The van der Waals surface area contributed by atoms with Gasteiger partial charge in [-0.15, -0.1) is 0 Å². The fourth-order valence-corrected chi connectivity index (χ4v) is 2.51. The zero-order chi connectivity index (χ0) is 18.1. The molecule has 3 aromatic rings. The number of aromatic nitrogens is 4. The maximum atomic E-state index is 13.5. The first-order chi connectivity index (χ1) is 11.9. The van der Waals surface area contributed by atoms with Crippen LogP contribution in [-0.2, 0) is 25.4 Å². The van der Waals surface area contributed by atoms with Crippen molar-refractivity contribution in [3.8, 4) is 0 Å². The van der Waals surface area contributed by atoms with Crippen LogP contribution in [0.15, 0.2) is 40.2 Å². The molecule has 0 saturated carbocycles. The first-order valence-corrected chi connectivity index (χ1v) is 7.44. The molecule has 25 heavy (non-hydrogen) atoms. The highest BCUT2D eigenvalue weighted by atomic mass is 19.1. The minimum atomic E-state index is -0.789. The molecule has 0 atom stereocenters. The van der Waals surface area contributed by atoms with E-state index in [2.05, 4.69) is 4.98 Å². The van der Waals surface area contributed by atoms with Gasteiger partial charge in [-0.05, 0) is 12.1 Å². The highest BCUT2D eigenvalue weighted by Gasteiger charge is 2.15. The van der Waals surface area contributed by atoms with Crippen LogP contribution in [0.4, 0.5) is 4.39 Å². The monoisotopic (exact) mass is 346 g/mol. The van der Waals surface area contributed by atoms with Gasteiger partial charge < -0.3 is 9.30 Å². The van der Waals surface area contributed by atoms with Crippen molar-refractivity contribution >= 4 is 17.1 Å². The third kappa shape index (κ3) is 2.84. The van der Waals surface area contributed by atoms with Gasteiger partial charge in [-0.1, -0.05) is 12.1 Å². The van der Waals surface area contributed by atoms with Crippen LogP contribution in [0, 0.1) is 5.82 Å². The standard InChI is InChI=1S/C16H15FN4O4/c1-19-13-12(14(22)20(2)16(19)24)21(9-18-13)7-8-25-15(23)10-5-3-4-6-11(10)17/h3-6,9H,7-8H2,1-2H3. The lowest BCUT2D eigenvalue weighted by Crippen LogP contribution is -2.37. The number of ether oxygens (including phenoxy) is 1. The van der Waals surface area contributed by atoms with E-state index in [0.29, 0.717) is 0 Å². The summed E-state index contributed by atoms with van der Waals surface area (Å²) in [6.07, 6.45) is 1.39. The van der Waals surface area contributed by atoms with Gasteiger partial charge in [0.25, 0.3) is 5.56 Å². The minimum Gasteiger partial charge on any atom is -0.460 e. The van der Waals surface area contributed by atoms with Gasteiger partial charge in [0, 0.05) is 14.1 Å².